The molecule has 0 saturated heterocycles. The van der Waals surface area contributed by atoms with Gasteiger partial charge in [-0.25, -0.2) is 9.59 Å². The second-order valence-corrected chi connectivity index (χ2v) is 2.17. The number of rotatable bonds is 2. The standard InChI is InChI=1S/2C4H6O2.4C2H4/c2*1-3(2)4(5)6;4*1-2/h2*1H2,2H3,(H,5,6);4*1-2H2. The summed E-state index contributed by atoms with van der Waals surface area (Å²) in [6.45, 7) is 33.2. The highest BCUT2D eigenvalue weighted by atomic mass is 16.4. The minimum atomic E-state index is -0.935. The van der Waals surface area contributed by atoms with Crippen LogP contribution in [0.3, 0.4) is 0 Å². The Morgan fingerprint density at radius 3 is 0.650 bits per heavy atom. The summed E-state index contributed by atoms with van der Waals surface area (Å²) in [4.78, 5) is 19.2. The highest BCUT2D eigenvalue weighted by Gasteiger charge is 1.90. The Labute approximate surface area is 123 Å². The molecule has 0 fully saturated rings. The summed E-state index contributed by atoms with van der Waals surface area (Å²) in [5, 5.41) is 15.8. The van der Waals surface area contributed by atoms with Crippen LogP contribution < -0.4 is 0 Å². The van der Waals surface area contributed by atoms with E-state index in [1.165, 1.54) is 13.8 Å². The first-order valence-electron chi connectivity index (χ1n) is 5.06. The number of carboxylic acid groups (broad SMARTS) is 2. The van der Waals surface area contributed by atoms with Crippen LogP contribution in [0.4, 0.5) is 0 Å². The lowest BCUT2D eigenvalue weighted by Gasteiger charge is -1.79. The van der Waals surface area contributed by atoms with Gasteiger partial charge in [-0.1, -0.05) is 13.2 Å². The second kappa shape index (κ2) is 44.0. The van der Waals surface area contributed by atoms with Gasteiger partial charge in [-0.3, -0.25) is 0 Å². The number of hydrogen-bond acceptors (Lipinski definition) is 2. The van der Waals surface area contributed by atoms with Crippen LogP contribution in [0.15, 0.2) is 76.9 Å². The van der Waals surface area contributed by atoms with Crippen molar-refractivity contribution in [3.63, 3.8) is 0 Å². The van der Waals surface area contributed by atoms with Gasteiger partial charge >= 0.3 is 11.9 Å². The summed E-state index contributed by atoms with van der Waals surface area (Å²) in [5.41, 5.74) is 0.352. The monoisotopic (exact) mass is 284 g/mol. The normalized spacial score (nSPS) is 5.30. The van der Waals surface area contributed by atoms with Crippen LogP contribution in [0.1, 0.15) is 13.8 Å². The molecule has 0 aromatic heterocycles. The average molecular weight is 284 g/mol. The fraction of sp³-hybridized carbons (Fsp3) is 0.125. The molecule has 0 bridgehead atoms. The molecule has 0 saturated carbocycles. The first kappa shape index (κ1) is 36.0. The van der Waals surface area contributed by atoms with E-state index in [-0.39, 0.29) is 11.1 Å². The van der Waals surface area contributed by atoms with Crippen molar-refractivity contribution in [1.29, 1.82) is 0 Å². The zero-order valence-electron chi connectivity index (χ0n) is 12.8. The minimum absolute atomic E-state index is 0.176. The first-order valence-corrected chi connectivity index (χ1v) is 5.06. The largest absolute Gasteiger partial charge is 0.478 e. The average Bonchev–Trinajstić information content (AvgIpc) is 2.48. The summed E-state index contributed by atoms with van der Waals surface area (Å²) in [6.07, 6.45) is 0. The lowest BCUT2D eigenvalue weighted by Crippen LogP contribution is -1.92. The van der Waals surface area contributed by atoms with Crippen molar-refractivity contribution in [3.8, 4) is 0 Å². The quantitative estimate of drug-likeness (QED) is 0.578. The summed E-state index contributed by atoms with van der Waals surface area (Å²) < 4.78 is 0. The molecule has 4 nitrogen and oxygen atoms in total. The molecule has 0 aromatic carbocycles. The molecule has 20 heavy (non-hydrogen) atoms. The molecule has 0 aliphatic heterocycles. The zero-order chi connectivity index (χ0) is 18.3. The predicted molar refractivity (Wildman–Crippen MR) is 89.9 cm³/mol. The Balaban J connectivity index is -0.0000000328. The third-order valence-corrected chi connectivity index (χ3v) is 0.730. The molecular weight excluding hydrogens is 256 g/mol. The molecular formula is C16H28O4. The second-order valence-electron chi connectivity index (χ2n) is 2.17. The molecule has 0 aliphatic carbocycles. The molecule has 4 heteroatoms. The van der Waals surface area contributed by atoms with E-state index in [0.29, 0.717) is 0 Å². The summed E-state index contributed by atoms with van der Waals surface area (Å²) >= 11 is 0. The third kappa shape index (κ3) is 110. The van der Waals surface area contributed by atoms with E-state index in [1.54, 1.807) is 0 Å². The van der Waals surface area contributed by atoms with Crippen molar-refractivity contribution in [3.05, 3.63) is 76.9 Å². The molecule has 0 spiro atoms. The fourth-order valence-corrected chi connectivity index (χ4v) is 0. The molecule has 0 heterocycles. The Morgan fingerprint density at radius 2 is 0.650 bits per heavy atom. The van der Waals surface area contributed by atoms with E-state index < -0.39 is 11.9 Å². The van der Waals surface area contributed by atoms with Gasteiger partial charge in [0.05, 0.1) is 0 Å². The summed E-state index contributed by atoms with van der Waals surface area (Å²) in [7, 11) is 0. The van der Waals surface area contributed by atoms with Crippen molar-refractivity contribution in [2.24, 2.45) is 0 Å². The van der Waals surface area contributed by atoms with E-state index in [2.05, 4.69) is 65.8 Å². The van der Waals surface area contributed by atoms with E-state index in [0.717, 1.165) is 0 Å². The van der Waals surface area contributed by atoms with Crippen LogP contribution >= 0.6 is 0 Å². The maximum absolute atomic E-state index is 9.60. The molecule has 0 radical (unpaired) electrons. The highest BCUT2D eigenvalue weighted by molar-refractivity contribution is 5.85. The van der Waals surface area contributed by atoms with Gasteiger partial charge in [-0.2, -0.15) is 0 Å². The number of carboxylic acids is 2. The number of carbonyl (C=O) groups is 2. The molecule has 116 valence electrons. The van der Waals surface area contributed by atoms with Crippen LogP contribution in [0.5, 0.6) is 0 Å². The Bertz CT molecular complexity index is 212. The number of aliphatic carboxylic acids is 2. The first-order chi connectivity index (χ1) is 9.29. The van der Waals surface area contributed by atoms with Crippen LogP contribution in [0.25, 0.3) is 0 Å². The Hall–Kier alpha value is -2.62. The zero-order valence-corrected chi connectivity index (χ0v) is 12.8. The van der Waals surface area contributed by atoms with Crippen LogP contribution in [-0.2, 0) is 9.59 Å². The Kier molecular flexibility index (Phi) is 79.3. The van der Waals surface area contributed by atoms with Gasteiger partial charge in [-0.15, -0.1) is 52.6 Å². The molecule has 2 N–H and O–H groups in total. The lowest BCUT2D eigenvalue weighted by atomic mass is 10.4. The predicted octanol–water partition coefficient (Wildman–Crippen LogP) is 4.50. The topological polar surface area (TPSA) is 74.6 Å². The van der Waals surface area contributed by atoms with Gasteiger partial charge in [0.15, 0.2) is 0 Å². The highest BCUT2D eigenvalue weighted by Crippen LogP contribution is 1.81. The third-order valence-electron chi connectivity index (χ3n) is 0.730. The van der Waals surface area contributed by atoms with Gasteiger partial charge in [0.2, 0.25) is 0 Å². The van der Waals surface area contributed by atoms with Gasteiger partial charge in [0, 0.05) is 11.1 Å². The molecule has 0 atom stereocenters. The van der Waals surface area contributed by atoms with E-state index >= 15 is 0 Å². The van der Waals surface area contributed by atoms with Crippen molar-refractivity contribution < 1.29 is 19.8 Å². The van der Waals surface area contributed by atoms with Gasteiger partial charge in [0.25, 0.3) is 0 Å². The summed E-state index contributed by atoms with van der Waals surface area (Å²) in [5.74, 6) is -1.87. The van der Waals surface area contributed by atoms with E-state index in [1.807, 2.05) is 0 Å². The molecule has 0 aromatic rings. The smallest absolute Gasteiger partial charge is 0.330 e. The van der Waals surface area contributed by atoms with Gasteiger partial charge in [-0.05, 0) is 13.8 Å². The molecule has 0 unspecified atom stereocenters. The molecule has 0 aliphatic rings. The van der Waals surface area contributed by atoms with Crippen molar-refractivity contribution >= 4 is 11.9 Å². The van der Waals surface area contributed by atoms with Crippen molar-refractivity contribution in [2.45, 2.75) is 13.8 Å². The van der Waals surface area contributed by atoms with Gasteiger partial charge < -0.3 is 10.2 Å². The van der Waals surface area contributed by atoms with Crippen LogP contribution in [-0.4, -0.2) is 22.2 Å². The van der Waals surface area contributed by atoms with Gasteiger partial charge in [0.1, 0.15) is 0 Å². The maximum Gasteiger partial charge on any atom is 0.330 e. The summed E-state index contributed by atoms with van der Waals surface area (Å²) in [6, 6.07) is 0. The minimum Gasteiger partial charge on any atom is -0.478 e. The fourth-order valence-electron chi connectivity index (χ4n) is 0. The molecule has 0 amide bonds. The van der Waals surface area contributed by atoms with E-state index in [9.17, 15) is 9.59 Å². The van der Waals surface area contributed by atoms with Crippen LogP contribution in [0.2, 0.25) is 0 Å². The van der Waals surface area contributed by atoms with Crippen molar-refractivity contribution in [1.82, 2.24) is 0 Å². The maximum atomic E-state index is 9.60. The lowest BCUT2D eigenvalue weighted by molar-refractivity contribution is -0.133. The van der Waals surface area contributed by atoms with Crippen molar-refractivity contribution in [2.75, 3.05) is 0 Å². The Morgan fingerprint density at radius 1 is 0.600 bits per heavy atom. The van der Waals surface area contributed by atoms with Crippen LogP contribution in [0, 0.1) is 0 Å². The van der Waals surface area contributed by atoms with E-state index in [4.69, 9.17) is 10.2 Å². The number of hydrogen-bond donors (Lipinski definition) is 2. The molecule has 0 rings (SSSR count). The SMILES string of the molecule is C=C.C=C.C=C.C=C.C=C(C)C(=O)O.C=C(C)C(=O)O.